The number of aryl methyl sites for hydroxylation is 1. The topological polar surface area (TPSA) is 87.2 Å². The summed E-state index contributed by atoms with van der Waals surface area (Å²) in [4.78, 5) is 11.3. The Balaban J connectivity index is 1.50. The number of benzene rings is 1. The predicted octanol–water partition coefficient (Wildman–Crippen LogP) is 2.78. The molecule has 1 fully saturated rings. The molecule has 3 rings (SSSR count). The first kappa shape index (κ1) is 20.3. The highest BCUT2D eigenvalue weighted by atomic mass is 32.2. The fourth-order valence-corrected chi connectivity index (χ4v) is 3.88. The van der Waals surface area contributed by atoms with Crippen LogP contribution in [-0.2, 0) is 10.0 Å². The highest BCUT2D eigenvalue weighted by Gasteiger charge is 2.14. The second-order valence-electron chi connectivity index (χ2n) is 6.82. The van der Waals surface area contributed by atoms with Gasteiger partial charge in [-0.05, 0) is 37.8 Å². The highest BCUT2D eigenvalue weighted by Crippen LogP contribution is 2.19. The molecule has 150 valence electrons. The summed E-state index contributed by atoms with van der Waals surface area (Å²) >= 11 is 0. The van der Waals surface area contributed by atoms with Gasteiger partial charge in [-0.3, -0.25) is 0 Å². The molecule has 8 heteroatoms. The zero-order valence-corrected chi connectivity index (χ0v) is 17.0. The summed E-state index contributed by atoms with van der Waals surface area (Å²) in [6.07, 6.45) is 5.21. The Labute approximate surface area is 167 Å². The Morgan fingerprint density at radius 3 is 2.57 bits per heavy atom. The largest absolute Gasteiger partial charge is 0.356 e. The van der Waals surface area contributed by atoms with Crippen LogP contribution in [0.25, 0.3) is 6.08 Å². The van der Waals surface area contributed by atoms with Gasteiger partial charge in [-0.15, -0.1) is 0 Å². The standard InChI is InChI=1S/C20H27N5O2S/c1-17-16-19(25-13-6-3-7-14-25)24-20(23-17)21-11-12-22-28(26,27)15-10-18-8-4-2-5-9-18/h2,4-5,8-10,15-16,22H,3,6-7,11-14H2,1H3,(H,21,23,24)/b15-10+. The van der Waals surface area contributed by atoms with E-state index in [-0.39, 0.29) is 6.54 Å². The maximum absolute atomic E-state index is 12.1. The maximum atomic E-state index is 12.1. The van der Waals surface area contributed by atoms with E-state index in [9.17, 15) is 8.42 Å². The Morgan fingerprint density at radius 1 is 1.07 bits per heavy atom. The number of hydrogen-bond donors (Lipinski definition) is 2. The lowest BCUT2D eigenvalue weighted by atomic mass is 10.1. The third kappa shape index (κ3) is 6.31. The molecule has 1 aliphatic rings. The van der Waals surface area contributed by atoms with Gasteiger partial charge in [-0.1, -0.05) is 30.3 Å². The van der Waals surface area contributed by atoms with Gasteiger partial charge in [0, 0.05) is 43.3 Å². The molecule has 1 aliphatic heterocycles. The molecule has 2 N–H and O–H groups in total. The number of anilines is 2. The van der Waals surface area contributed by atoms with Crippen LogP contribution in [0.4, 0.5) is 11.8 Å². The highest BCUT2D eigenvalue weighted by molar-refractivity contribution is 7.92. The fourth-order valence-electron chi connectivity index (χ4n) is 3.06. The molecule has 1 aromatic carbocycles. The third-order valence-corrected chi connectivity index (χ3v) is 5.57. The second kappa shape index (κ2) is 9.66. The number of hydrogen-bond acceptors (Lipinski definition) is 6. The number of piperidine rings is 1. The van der Waals surface area contributed by atoms with Crippen molar-refractivity contribution in [2.24, 2.45) is 0 Å². The summed E-state index contributed by atoms with van der Waals surface area (Å²) < 4.78 is 26.7. The average Bonchev–Trinajstić information content (AvgIpc) is 2.71. The van der Waals surface area contributed by atoms with E-state index in [1.165, 1.54) is 24.7 Å². The van der Waals surface area contributed by atoms with Crippen LogP contribution in [0.15, 0.2) is 41.8 Å². The van der Waals surface area contributed by atoms with E-state index < -0.39 is 10.0 Å². The molecule has 0 radical (unpaired) electrons. The van der Waals surface area contributed by atoms with E-state index in [0.717, 1.165) is 30.2 Å². The zero-order valence-electron chi connectivity index (χ0n) is 16.1. The lowest BCUT2D eigenvalue weighted by Gasteiger charge is -2.28. The van der Waals surface area contributed by atoms with Gasteiger partial charge < -0.3 is 10.2 Å². The lowest BCUT2D eigenvalue weighted by molar-refractivity contribution is 0.573. The van der Waals surface area contributed by atoms with Crippen LogP contribution in [-0.4, -0.2) is 44.6 Å². The van der Waals surface area contributed by atoms with Crippen molar-refractivity contribution in [3.05, 3.63) is 53.1 Å². The smallest absolute Gasteiger partial charge is 0.233 e. The van der Waals surface area contributed by atoms with Crippen LogP contribution < -0.4 is 14.9 Å². The lowest BCUT2D eigenvalue weighted by Crippen LogP contribution is -2.31. The van der Waals surface area contributed by atoms with Crippen molar-refractivity contribution in [1.29, 1.82) is 0 Å². The van der Waals surface area contributed by atoms with Crippen molar-refractivity contribution in [3.8, 4) is 0 Å². The quantitative estimate of drug-likeness (QED) is 0.662. The fraction of sp³-hybridized carbons (Fsp3) is 0.400. The summed E-state index contributed by atoms with van der Waals surface area (Å²) in [7, 11) is -3.49. The van der Waals surface area contributed by atoms with E-state index in [2.05, 4.69) is 24.9 Å². The van der Waals surface area contributed by atoms with Crippen LogP contribution in [0.3, 0.4) is 0 Å². The van der Waals surface area contributed by atoms with Crippen LogP contribution in [0, 0.1) is 6.92 Å². The molecule has 1 aromatic heterocycles. The summed E-state index contributed by atoms with van der Waals surface area (Å²) in [5.74, 6) is 1.46. The first-order chi connectivity index (χ1) is 13.5. The van der Waals surface area contributed by atoms with Crippen LogP contribution in [0.2, 0.25) is 0 Å². The Bertz CT molecular complexity index is 894. The van der Waals surface area contributed by atoms with E-state index in [1.54, 1.807) is 6.08 Å². The molecule has 0 atom stereocenters. The SMILES string of the molecule is Cc1cc(N2CCCCC2)nc(NCCNS(=O)(=O)/C=C/c2ccccc2)n1. The average molecular weight is 402 g/mol. The van der Waals surface area contributed by atoms with Crippen LogP contribution >= 0.6 is 0 Å². The van der Waals surface area contributed by atoms with Gasteiger partial charge in [-0.2, -0.15) is 4.98 Å². The normalized spacial score (nSPS) is 15.1. The maximum Gasteiger partial charge on any atom is 0.233 e. The van der Waals surface area contributed by atoms with Gasteiger partial charge in [0.25, 0.3) is 0 Å². The molecule has 28 heavy (non-hydrogen) atoms. The zero-order chi connectivity index (χ0) is 19.8. The van der Waals surface area contributed by atoms with E-state index >= 15 is 0 Å². The van der Waals surface area contributed by atoms with Crippen molar-refractivity contribution in [2.75, 3.05) is 36.4 Å². The molecule has 0 unspecified atom stereocenters. The van der Waals surface area contributed by atoms with Gasteiger partial charge in [-0.25, -0.2) is 18.1 Å². The first-order valence-corrected chi connectivity index (χ1v) is 11.1. The van der Waals surface area contributed by atoms with Gasteiger partial charge in [0.1, 0.15) is 5.82 Å². The third-order valence-electron chi connectivity index (χ3n) is 4.47. The van der Waals surface area contributed by atoms with Gasteiger partial charge >= 0.3 is 0 Å². The second-order valence-corrected chi connectivity index (χ2v) is 8.47. The molecule has 0 spiro atoms. The molecule has 2 heterocycles. The summed E-state index contributed by atoms with van der Waals surface area (Å²) in [5.41, 5.74) is 1.73. The van der Waals surface area contributed by atoms with Crippen molar-refractivity contribution in [2.45, 2.75) is 26.2 Å². The van der Waals surface area contributed by atoms with Crippen molar-refractivity contribution < 1.29 is 8.42 Å². The molecule has 0 amide bonds. The number of aromatic nitrogens is 2. The first-order valence-electron chi connectivity index (χ1n) is 9.59. The van der Waals surface area contributed by atoms with E-state index in [4.69, 9.17) is 0 Å². The minimum atomic E-state index is -3.49. The van der Waals surface area contributed by atoms with Crippen molar-refractivity contribution in [3.63, 3.8) is 0 Å². The Morgan fingerprint density at radius 2 is 1.82 bits per heavy atom. The Kier molecular flexibility index (Phi) is 7.00. The molecule has 7 nitrogen and oxygen atoms in total. The molecular weight excluding hydrogens is 374 g/mol. The molecule has 0 saturated carbocycles. The van der Waals surface area contributed by atoms with E-state index in [0.29, 0.717) is 12.5 Å². The summed E-state index contributed by atoms with van der Waals surface area (Å²) in [5, 5.41) is 4.29. The van der Waals surface area contributed by atoms with Crippen LogP contribution in [0.1, 0.15) is 30.5 Å². The minimum absolute atomic E-state index is 0.248. The number of sulfonamides is 1. The van der Waals surface area contributed by atoms with Crippen LogP contribution in [0.5, 0.6) is 0 Å². The van der Waals surface area contributed by atoms with Gasteiger partial charge in [0.15, 0.2) is 0 Å². The minimum Gasteiger partial charge on any atom is -0.356 e. The molecule has 0 bridgehead atoms. The summed E-state index contributed by atoms with van der Waals surface area (Å²) in [6.45, 7) is 4.63. The number of nitrogens with one attached hydrogen (secondary N) is 2. The number of nitrogens with zero attached hydrogens (tertiary/aromatic N) is 3. The molecule has 2 aromatic rings. The van der Waals surface area contributed by atoms with Gasteiger partial charge in [0.2, 0.25) is 16.0 Å². The van der Waals surface area contributed by atoms with Crippen molar-refractivity contribution in [1.82, 2.24) is 14.7 Å². The molecule has 0 aliphatic carbocycles. The monoisotopic (exact) mass is 401 g/mol. The van der Waals surface area contributed by atoms with E-state index in [1.807, 2.05) is 43.3 Å². The van der Waals surface area contributed by atoms with Gasteiger partial charge in [0.05, 0.1) is 0 Å². The molecular formula is C20H27N5O2S. The molecule has 1 saturated heterocycles. The predicted molar refractivity (Wildman–Crippen MR) is 114 cm³/mol. The Hall–Kier alpha value is -2.45. The van der Waals surface area contributed by atoms with Crippen molar-refractivity contribution >= 4 is 27.9 Å². The number of rotatable bonds is 8. The summed E-state index contributed by atoms with van der Waals surface area (Å²) in [6, 6.07) is 11.3.